The van der Waals surface area contributed by atoms with Crippen molar-refractivity contribution in [3.8, 4) is 0 Å². The summed E-state index contributed by atoms with van der Waals surface area (Å²) >= 11 is 0. The van der Waals surface area contributed by atoms with Crippen LogP contribution in [0.15, 0.2) is 30.8 Å². The Kier molecular flexibility index (Phi) is 2.44. The molecule has 0 bridgehead atoms. The topological polar surface area (TPSA) is 26.0 Å². The van der Waals surface area contributed by atoms with E-state index in [1.54, 1.807) is 0 Å². The van der Waals surface area contributed by atoms with Crippen LogP contribution in [-0.2, 0) is 0 Å². The minimum atomic E-state index is 0.533. The number of hydrogen-bond donors (Lipinski definition) is 1. The highest BCUT2D eigenvalue weighted by molar-refractivity contribution is 5.67. The van der Waals surface area contributed by atoms with Crippen LogP contribution in [0.1, 0.15) is 11.1 Å². The molecule has 0 radical (unpaired) electrons. The van der Waals surface area contributed by atoms with Gasteiger partial charge in [0.05, 0.1) is 0 Å². The predicted octanol–water partition coefficient (Wildman–Crippen LogP) is 1.97. The summed E-state index contributed by atoms with van der Waals surface area (Å²) < 4.78 is 0. The van der Waals surface area contributed by atoms with E-state index in [0.717, 1.165) is 5.57 Å². The molecular weight excluding hydrogens is 134 g/mol. The first-order valence-corrected chi connectivity index (χ1v) is 3.69. The summed E-state index contributed by atoms with van der Waals surface area (Å²) in [6.45, 7) is 6.48. The molecule has 1 aromatic rings. The SMILES string of the molecule is C=C(CN)c1ccccc1C. The van der Waals surface area contributed by atoms with Gasteiger partial charge in [-0.05, 0) is 23.6 Å². The Morgan fingerprint density at radius 2 is 2.09 bits per heavy atom. The Morgan fingerprint density at radius 3 is 2.64 bits per heavy atom. The van der Waals surface area contributed by atoms with Crippen molar-refractivity contribution in [1.29, 1.82) is 0 Å². The van der Waals surface area contributed by atoms with Crippen LogP contribution in [0.5, 0.6) is 0 Å². The van der Waals surface area contributed by atoms with Gasteiger partial charge < -0.3 is 5.73 Å². The number of hydrogen-bond acceptors (Lipinski definition) is 1. The summed E-state index contributed by atoms with van der Waals surface area (Å²) in [5.41, 5.74) is 8.89. The molecule has 0 unspecified atom stereocenters. The summed E-state index contributed by atoms with van der Waals surface area (Å²) in [5, 5.41) is 0. The second-order valence-corrected chi connectivity index (χ2v) is 2.62. The third-order valence-corrected chi connectivity index (χ3v) is 1.77. The van der Waals surface area contributed by atoms with E-state index >= 15 is 0 Å². The molecule has 1 heteroatoms. The number of rotatable bonds is 2. The van der Waals surface area contributed by atoms with Crippen LogP contribution >= 0.6 is 0 Å². The molecule has 1 aromatic carbocycles. The van der Waals surface area contributed by atoms with Gasteiger partial charge in [0.2, 0.25) is 0 Å². The predicted molar refractivity (Wildman–Crippen MR) is 49.3 cm³/mol. The first-order valence-electron chi connectivity index (χ1n) is 3.69. The zero-order valence-corrected chi connectivity index (χ0v) is 6.80. The second-order valence-electron chi connectivity index (χ2n) is 2.62. The molecule has 58 valence electrons. The average molecular weight is 147 g/mol. The van der Waals surface area contributed by atoms with Gasteiger partial charge in [0.1, 0.15) is 0 Å². The molecule has 0 aliphatic rings. The summed E-state index contributed by atoms with van der Waals surface area (Å²) in [4.78, 5) is 0. The minimum Gasteiger partial charge on any atom is -0.326 e. The van der Waals surface area contributed by atoms with Crippen molar-refractivity contribution in [1.82, 2.24) is 0 Å². The Bertz CT molecular complexity index is 263. The fourth-order valence-electron chi connectivity index (χ4n) is 1.08. The molecule has 2 N–H and O–H groups in total. The quantitative estimate of drug-likeness (QED) is 0.680. The van der Waals surface area contributed by atoms with E-state index < -0.39 is 0 Å². The average Bonchev–Trinajstić information content (AvgIpc) is 2.04. The van der Waals surface area contributed by atoms with E-state index in [1.165, 1.54) is 11.1 Å². The molecule has 0 saturated heterocycles. The van der Waals surface area contributed by atoms with E-state index in [1.807, 2.05) is 18.2 Å². The molecular formula is C10H13N. The molecule has 0 atom stereocenters. The lowest BCUT2D eigenvalue weighted by molar-refractivity contribution is 1.25. The molecule has 0 aromatic heterocycles. The summed E-state index contributed by atoms with van der Waals surface area (Å²) in [7, 11) is 0. The third-order valence-electron chi connectivity index (χ3n) is 1.77. The highest BCUT2D eigenvalue weighted by Crippen LogP contribution is 2.14. The smallest absolute Gasteiger partial charge is 0.0178 e. The monoisotopic (exact) mass is 147 g/mol. The standard InChI is InChI=1S/C10H13N/c1-8-5-3-4-6-10(8)9(2)7-11/h3-6H,2,7,11H2,1H3. The van der Waals surface area contributed by atoms with Crippen LogP contribution in [-0.4, -0.2) is 6.54 Å². The van der Waals surface area contributed by atoms with E-state index in [-0.39, 0.29) is 0 Å². The van der Waals surface area contributed by atoms with Crippen LogP contribution in [0.4, 0.5) is 0 Å². The van der Waals surface area contributed by atoms with Crippen LogP contribution in [0, 0.1) is 6.92 Å². The first-order chi connectivity index (χ1) is 5.25. The Labute approximate surface area is 67.5 Å². The van der Waals surface area contributed by atoms with Gasteiger partial charge in [-0.1, -0.05) is 30.8 Å². The number of aryl methyl sites for hydroxylation is 1. The van der Waals surface area contributed by atoms with Crippen LogP contribution < -0.4 is 5.73 Å². The lowest BCUT2D eigenvalue weighted by Gasteiger charge is -2.05. The van der Waals surface area contributed by atoms with Crippen molar-refractivity contribution in [2.24, 2.45) is 5.73 Å². The van der Waals surface area contributed by atoms with Crippen molar-refractivity contribution >= 4 is 5.57 Å². The van der Waals surface area contributed by atoms with Crippen molar-refractivity contribution in [3.05, 3.63) is 42.0 Å². The molecule has 0 spiro atoms. The van der Waals surface area contributed by atoms with Crippen LogP contribution in [0.25, 0.3) is 5.57 Å². The minimum absolute atomic E-state index is 0.533. The van der Waals surface area contributed by atoms with E-state index in [9.17, 15) is 0 Å². The van der Waals surface area contributed by atoms with Gasteiger partial charge in [-0.3, -0.25) is 0 Å². The fourth-order valence-corrected chi connectivity index (χ4v) is 1.08. The van der Waals surface area contributed by atoms with E-state index in [4.69, 9.17) is 5.73 Å². The van der Waals surface area contributed by atoms with Crippen molar-refractivity contribution in [3.63, 3.8) is 0 Å². The van der Waals surface area contributed by atoms with Crippen LogP contribution in [0.2, 0.25) is 0 Å². The van der Waals surface area contributed by atoms with Gasteiger partial charge in [0.25, 0.3) is 0 Å². The molecule has 0 heterocycles. The molecule has 11 heavy (non-hydrogen) atoms. The highest BCUT2D eigenvalue weighted by atomic mass is 14.5. The van der Waals surface area contributed by atoms with E-state index in [0.29, 0.717) is 6.54 Å². The number of benzene rings is 1. The maximum atomic E-state index is 5.47. The lowest BCUT2D eigenvalue weighted by Crippen LogP contribution is -2.01. The van der Waals surface area contributed by atoms with Gasteiger partial charge in [0.15, 0.2) is 0 Å². The fraction of sp³-hybridized carbons (Fsp3) is 0.200. The highest BCUT2D eigenvalue weighted by Gasteiger charge is 1.97. The summed E-state index contributed by atoms with van der Waals surface area (Å²) in [5.74, 6) is 0. The van der Waals surface area contributed by atoms with Crippen LogP contribution in [0.3, 0.4) is 0 Å². The zero-order chi connectivity index (χ0) is 8.27. The van der Waals surface area contributed by atoms with Gasteiger partial charge >= 0.3 is 0 Å². The number of nitrogens with two attached hydrogens (primary N) is 1. The maximum absolute atomic E-state index is 5.47. The van der Waals surface area contributed by atoms with Gasteiger partial charge in [0, 0.05) is 6.54 Å². The first kappa shape index (κ1) is 8.02. The molecule has 1 nitrogen and oxygen atoms in total. The summed E-state index contributed by atoms with van der Waals surface area (Å²) in [6, 6.07) is 8.13. The molecule has 0 aliphatic heterocycles. The Balaban J connectivity index is 3.03. The normalized spacial score (nSPS) is 9.64. The van der Waals surface area contributed by atoms with Gasteiger partial charge in [-0.2, -0.15) is 0 Å². The zero-order valence-electron chi connectivity index (χ0n) is 6.80. The van der Waals surface area contributed by atoms with Crippen molar-refractivity contribution in [2.75, 3.05) is 6.54 Å². The van der Waals surface area contributed by atoms with Gasteiger partial charge in [-0.15, -0.1) is 0 Å². The maximum Gasteiger partial charge on any atom is 0.0178 e. The largest absolute Gasteiger partial charge is 0.326 e. The third kappa shape index (κ3) is 1.69. The molecule has 0 amide bonds. The van der Waals surface area contributed by atoms with Crippen molar-refractivity contribution < 1.29 is 0 Å². The molecule has 0 aliphatic carbocycles. The molecule has 1 rings (SSSR count). The Hall–Kier alpha value is -1.08. The second kappa shape index (κ2) is 3.35. The van der Waals surface area contributed by atoms with E-state index in [2.05, 4.69) is 19.6 Å². The Morgan fingerprint density at radius 1 is 1.45 bits per heavy atom. The molecule has 0 saturated carbocycles. The van der Waals surface area contributed by atoms with Gasteiger partial charge in [-0.25, -0.2) is 0 Å². The summed E-state index contributed by atoms with van der Waals surface area (Å²) in [6.07, 6.45) is 0. The lowest BCUT2D eigenvalue weighted by atomic mass is 10.0. The molecule has 0 fully saturated rings. The van der Waals surface area contributed by atoms with Crippen molar-refractivity contribution in [2.45, 2.75) is 6.92 Å².